The molecule has 1 atom stereocenters. The van der Waals surface area contributed by atoms with Gasteiger partial charge in [0.1, 0.15) is 5.75 Å². The smallest absolute Gasteiger partial charge is 0.241 e. The standard InChI is InChI=1S/C13H20N2O3S/c1-13(9-14,10-3-4-10)15-19(16,17)12-7-5-11(18-2)6-8-12/h5-8,10,15H,3-4,9,14H2,1-2H3. The molecule has 1 aliphatic carbocycles. The molecular weight excluding hydrogens is 264 g/mol. The second kappa shape index (κ2) is 5.11. The Morgan fingerprint density at radius 3 is 2.37 bits per heavy atom. The first kappa shape index (κ1) is 14.3. The highest BCUT2D eigenvalue weighted by atomic mass is 32.2. The molecule has 0 heterocycles. The lowest BCUT2D eigenvalue weighted by Gasteiger charge is -2.29. The van der Waals surface area contributed by atoms with Gasteiger partial charge in [0.2, 0.25) is 10.0 Å². The summed E-state index contributed by atoms with van der Waals surface area (Å²) in [4.78, 5) is 0.230. The number of sulfonamides is 1. The van der Waals surface area contributed by atoms with Gasteiger partial charge in [-0.15, -0.1) is 0 Å². The van der Waals surface area contributed by atoms with Crippen molar-refractivity contribution in [2.24, 2.45) is 11.7 Å². The van der Waals surface area contributed by atoms with E-state index >= 15 is 0 Å². The van der Waals surface area contributed by atoms with Crippen LogP contribution in [-0.2, 0) is 10.0 Å². The maximum atomic E-state index is 12.3. The average molecular weight is 284 g/mol. The number of methoxy groups -OCH3 is 1. The fraction of sp³-hybridized carbons (Fsp3) is 0.538. The Morgan fingerprint density at radius 1 is 1.37 bits per heavy atom. The van der Waals surface area contributed by atoms with Crippen molar-refractivity contribution in [2.75, 3.05) is 13.7 Å². The van der Waals surface area contributed by atoms with Gasteiger partial charge in [-0.05, 0) is 49.9 Å². The monoisotopic (exact) mass is 284 g/mol. The normalized spacial score (nSPS) is 18.9. The van der Waals surface area contributed by atoms with Gasteiger partial charge in [0, 0.05) is 12.1 Å². The van der Waals surface area contributed by atoms with Crippen LogP contribution in [-0.4, -0.2) is 27.6 Å². The van der Waals surface area contributed by atoms with E-state index in [4.69, 9.17) is 10.5 Å². The largest absolute Gasteiger partial charge is 0.497 e. The van der Waals surface area contributed by atoms with Crippen LogP contribution in [0.3, 0.4) is 0 Å². The highest BCUT2D eigenvalue weighted by Gasteiger charge is 2.43. The molecule has 6 heteroatoms. The molecule has 2 rings (SSSR count). The van der Waals surface area contributed by atoms with E-state index in [1.807, 2.05) is 6.92 Å². The Labute approximate surface area is 114 Å². The summed E-state index contributed by atoms with van der Waals surface area (Å²) < 4.78 is 32.4. The van der Waals surface area contributed by atoms with Crippen LogP contribution in [0, 0.1) is 5.92 Å². The minimum atomic E-state index is -3.55. The SMILES string of the molecule is COc1ccc(S(=O)(=O)NC(C)(CN)C2CC2)cc1. The molecule has 3 N–H and O–H groups in total. The summed E-state index contributed by atoms with van der Waals surface area (Å²) in [6, 6.07) is 6.33. The minimum absolute atomic E-state index is 0.230. The average Bonchev–Trinajstić information content (AvgIpc) is 3.23. The summed E-state index contributed by atoms with van der Waals surface area (Å²) in [5.41, 5.74) is 5.18. The molecule has 5 nitrogen and oxygen atoms in total. The molecule has 1 aromatic rings. The van der Waals surface area contributed by atoms with Gasteiger partial charge in [0.25, 0.3) is 0 Å². The van der Waals surface area contributed by atoms with E-state index in [1.165, 1.54) is 12.1 Å². The van der Waals surface area contributed by atoms with Gasteiger partial charge in [-0.1, -0.05) is 0 Å². The molecule has 0 radical (unpaired) electrons. The van der Waals surface area contributed by atoms with Crippen molar-refractivity contribution < 1.29 is 13.2 Å². The second-order valence-corrected chi connectivity index (χ2v) is 6.86. The molecule has 106 valence electrons. The number of hydrogen-bond acceptors (Lipinski definition) is 4. The number of nitrogens with two attached hydrogens (primary N) is 1. The molecule has 1 saturated carbocycles. The number of rotatable bonds is 6. The van der Waals surface area contributed by atoms with Gasteiger partial charge in [0.05, 0.1) is 12.0 Å². The molecule has 0 aliphatic heterocycles. The lowest BCUT2D eigenvalue weighted by Crippen LogP contribution is -2.52. The zero-order valence-electron chi connectivity index (χ0n) is 11.2. The summed E-state index contributed by atoms with van der Waals surface area (Å²) >= 11 is 0. The number of hydrogen-bond donors (Lipinski definition) is 2. The highest BCUT2D eigenvalue weighted by molar-refractivity contribution is 7.89. The van der Waals surface area contributed by atoms with Crippen molar-refractivity contribution in [3.8, 4) is 5.75 Å². The van der Waals surface area contributed by atoms with Crippen LogP contribution in [0.15, 0.2) is 29.2 Å². The molecule has 1 aliphatic rings. The van der Waals surface area contributed by atoms with Gasteiger partial charge >= 0.3 is 0 Å². The van der Waals surface area contributed by atoms with Crippen molar-refractivity contribution in [2.45, 2.75) is 30.2 Å². The molecule has 0 saturated heterocycles. The second-order valence-electron chi connectivity index (χ2n) is 5.18. The van der Waals surface area contributed by atoms with E-state index in [2.05, 4.69) is 4.72 Å². The minimum Gasteiger partial charge on any atom is -0.497 e. The van der Waals surface area contributed by atoms with E-state index in [1.54, 1.807) is 19.2 Å². The third-order valence-electron chi connectivity index (χ3n) is 3.64. The molecule has 0 aromatic heterocycles. The highest BCUT2D eigenvalue weighted by Crippen LogP contribution is 2.39. The summed E-state index contributed by atoms with van der Waals surface area (Å²) in [6.07, 6.45) is 2.05. The molecule has 1 fully saturated rings. The molecule has 19 heavy (non-hydrogen) atoms. The van der Waals surface area contributed by atoms with Crippen LogP contribution in [0.2, 0.25) is 0 Å². The lowest BCUT2D eigenvalue weighted by atomic mass is 9.98. The van der Waals surface area contributed by atoms with Crippen LogP contribution >= 0.6 is 0 Å². The Morgan fingerprint density at radius 2 is 1.95 bits per heavy atom. The van der Waals surface area contributed by atoms with Crippen molar-refractivity contribution in [1.82, 2.24) is 4.72 Å². The molecule has 0 bridgehead atoms. The first-order chi connectivity index (χ1) is 8.91. The zero-order chi connectivity index (χ0) is 14.1. The first-order valence-corrected chi connectivity index (χ1v) is 7.78. The number of nitrogens with one attached hydrogen (secondary N) is 1. The molecule has 0 amide bonds. The quantitative estimate of drug-likeness (QED) is 0.819. The predicted octanol–water partition coefficient (Wildman–Crippen LogP) is 1.10. The molecule has 1 unspecified atom stereocenters. The van der Waals surface area contributed by atoms with E-state index in [9.17, 15) is 8.42 Å². The fourth-order valence-corrected chi connectivity index (χ4v) is 3.61. The molecular formula is C13H20N2O3S. The van der Waals surface area contributed by atoms with Gasteiger partial charge in [0.15, 0.2) is 0 Å². The van der Waals surface area contributed by atoms with Gasteiger partial charge in [-0.3, -0.25) is 0 Å². The summed E-state index contributed by atoms with van der Waals surface area (Å²) in [5.74, 6) is 0.966. The maximum Gasteiger partial charge on any atom is 0.241 e. The van der Waals surface area contributed by atoms with Crippen LogP contribution in [0.1, 0.15) is 19.8 Å². The Balaban J connectivity index is 2.21. The number of ether oxygens (including phenoxy) is 1. The first-order valence-electron chi connectivity index (χ1n) is 6.29. The van der Waals surface area contributed by atoms with Gasteiger partial charge < -0.3 is 10.5 Å². The van der Waals surface area contributed by atoms with Crippen LogP contribution in [0.25, 0.3) is 0 Å². The maximum absolute atomic E-state index is 12.3. The van der Waals surface area contributed by atoms with Gasteiger partial charge in [-0.25, -0.2) is 13.1 Å². The molecule has 1 aromatic carbocycles. The van der Waals surface area contributed by atoms with Crippen LogP contribution in [0.5, 0.6) is 5.75 Å². The third-order valence-corrected chi connectivity index (χ3v) is 5.27. The Bertz CT molecular complexity index is 538. The Hall–Kier alpha value is -1.11. The Kier molecular flexibility index (Phi) is 3.85. The van der Waals surface area contributed by atoms with Crippen LogP contribution < -0.4 is 15.2 Å². The summed E-state index contributed by atoms with van der Waals surface area (Å²) in [6.45, 7) is 2.17. The lowest BCUT2D eigenvalue weighted by molar-refractivity contribution is 0.374. The van der Waals surface area contributed by atoms with Crippen molar-refractivity contribution in [3.63, 3.8) is 0 Å². The van der Waals surface area contributed by atoms with Crippen LogP contribution in [0.4, 0.5) is 0 Å². The topological polar surface area (TPSA) is 81.4 Å². The van der Waals surface area contributed by atoms with Crippen molar-refractivity contribution in [3.05, 3.63) is 24.3 Å². The van der Waals surface area contributed by atoms with Crippen molar-refractivity contribution >= 4 is 10.0 Å². The third kappa shape index (κ3) is 3.08. The number of benzene rings is 1. The summed E-state index contributed by atoms with van der Waals surface area (Å²) in [7, 11) is -2.00. The van der Waals surface area contributed by atoms with Gasteiger partial charge in [-0.2, -0.15) is 0 Å². The summed E-state index contributed by atoms with van der Waals surface area (Å²) in [5, 5.41) is 0. The molecule has 0 spiro atoms. The predicted molar refractivity (Wildman–Crippen MR) is 73.5 cm³/mol. The van der Waals surface area contributed by atoms with E-state index in [0.29, 0.717) is 18.2 Å². The van der Waals surface area contributed by atoms with E-state index in [-0.39, 0.29) is 4.90 Å². The fourth-order valence-electron chi connectivity index (χ4n) is 2.13. The van der Waals surface area contributed by atoms with E-state index in [0.717, 1.165) is 12.8 Å². The van der Waals surface area contributed by atoms with E-state index < -0.39 is 15.6 Å². The zero-order valence-corrected chi connectivity index (χ0v) is 12.0. The van der Waals surface area contributed by atoms with Crippen molar-refractivity contribution in [1.29, 1.82) is 0 Å².